The van der Waals surface area contributed by atoms with E-state index in [1.165, 1.54) is 19.1 Å². The molecule has 1 amide bonds. The summed E-state index contributed by atoms with van der Waals surface area (Å²) in [7, 11) is -3.45. The first-order valence-corrected chi connectivity index (χ1v) is 8.99. The van der Waals surface area contributed by atoms with Gasteiger partial charge in [-0.15, -0.1) is 0 Å². The summed E-state index contributed by atoms with van der Waals surface area (Å²) in [5, 5.41) is 2.51. The number of hydrogen-bond donors (Lipinski definition) is 1. The van der Waals surface area contributed by atoms with Gasteiger partial charge in [-0.3, -0.25) is 9.59 Å². The standard InChI is InChI=1S/C17H17NO5S/c1-12(19)13-6-5-7-14(10-13)23-11-17(20)18-15-8-3-4-9-16(15)24(2,21)22/h3-10H,11H2,1-2H3,(H,18,20). The molecule has 0 radical (unpaired) electrons. The highest BCUT2D eigenvalue weighted by molar-refractivity contribution is 7.90. The van der Waals surface area contributed by atoms with Gasteiger partial charge in [-0.05, 0) is 31.2 Å². The number of benzene rings is 2. The van der Waals surface area contributed by atoms with Crippen LogP contribution in [0.15, 0.2) is 53.4 Å². The van der Waals surface area contributed by atoms with Gasteiger partial charge in [0.05, 0.1) is 10.6 Å². The van der Waals surface area contributed by atoms with Crippen LogP contribution in [0.1, 0.15) is 17.3 Å². The van der Waals surface area contributed by atoms with Gasteiger partial charge in [0.15, 0.2) is 22.2 Å². The number of para-hydroxylation sites is 1. The fourth-order valence-electron chi connectivity index (χ4n) is 2.03. The molecule has 0 atom stereocenters. The van der Waals surface area contributed by atoms with Gasteiger partial charge in [-0.1, -0.05) is 24.3 Å². The van der Waals surface area contributed by atoms with Crippen LogP contribution in [0.2, 0.25) is 0 Å². The van der Waals surface area contributed by atoms with Crippen LogP contribution in [-0.2, 0) is 14.6 Å². The number of Topliss-reactive ketones (excluding diaryl/α,β-unsaturated/α-hetero) is 1. The van der Waals surface area contributed by atoms with Crippen molar-refractivity contribution in [1.29, 1.82) is 0 Å². The Morgan fingerprint density at radius 3 is 2.46 bits per heavy atom. The number of rotatable bonds is 6. The zero-order chi connectivity index (χ0) is 17.7. The van der Waals surface area contributed by atoms with Gasteiger partial charge in [-0.25, -0.2) is 8.42 Å². The van der Waals surface area contributed by atoms with E-state index in [0.717, 1.165) is 6.26 Å². The summed E-state index contributed by atoms with van der Waals surface area (Å²) < 4.78 is 28.7. The van der Waals surface area contributed by atoms with Gasteiger partial charge < -0.3 is 10.1 Å². The van der Waals surface area contributed by atoms with E-state index >= 15 is 0 Å². The lowest BCUT2D eigenvalue weighted by atomic mass is 10.1. The normalized spacial score (nSPS) is 10.9. The molecule has 6 nitrogen and oxygen atoms in total. The Hall–Kier alpha value is -2.67. The van der Waals surface area contributed by atoms with Crippen molar-refractivity contribution in [3.63, 3.8) is 0 Å². The van der Waals surface area contributed by atoms with E-state index in [2.05, 4.69) is 5.32 Å². The first kappa shape index (κ1) is 17.7. The van der Waals surface area contributed by atoms with E-state index in [1.807, 2.05) is 0 Å². The second-order valence-electron chi connectivity index (χ2n) is 5.19. The van der Waals surface area contributed by atoms with Crippen molar-refractivity contribution < 1.29 is 22.7 Å². The fraction of sp³-hybridized carbons (Fsp3) is 0.176. The molecule has 2 aromatic carbocycles. The summed E-state index contributed by atoms with van der Waals surface area (Å²) in [6, 6.07) is 12.6. The topological polar surface area (TPSA) is 89.5 Å². The molecular formula is C17H17NO5S. The molecule has 24 heavy (non-hydrogen) atoms. The lowest BCUT2D eigenvalue weighted by Gasteiger charge is -2.11. The van der Waals surface area contributed by atoms with E-state index < -0.39 is 15.7 Å². The Morgan fingerprint density at radius 2 is 1.79 bits per heavy atom. The molecule has 0 saturated heterocycles. The van der Waals surface area contributed by atoms with E-state index in [-0.39, 0.29) is 23.0 Å². The zero-order valence-electron chi connectivity index (χ0n) is 13.3. The summed E-state index contributed by atoms with van der Waals surface area (Å²) in [4.78, 5) is 23.3. The summed E-state index contributed by atoms with van der Waals surface area (Å²) in [6.07, 6.45) is 1.07. The number of nitrogens with one attached hydrogen (secondary N) is 1. The lowest BCUT2D eigenvalue weighted by molar-refractivity contribution is -0.118. The van der Waals surface area contributed by atoms with Crippen LogP contribution in [0.5, 0.6) is 5.75 Å². The number of hydrogen-bond acceptors (Lipinski definition) is 5. The van der Waals surface area contributed by atoms with Gasteiger partial charge >= 0.3 is 0 Å². The summed E-state index contributed by atoms with van der Waals surface area (Å²) in [5.41, 5.74) is 0.682. The molecule has 2 aromatic rings. The molecule has 0 aliphatic rings. The third-order valence-corrected chi connectivity index (χ3v) is 4.33. The highest BCUT2D eigenvalue weighted by Crippen LogP contribution is 2.20. The third-order valence-electron chi connectivity index (χ3n) is 3.17. The van der Waals surface area contributed by atoms with Crippen LogP contribution in [0.3, 0.4) is 0 Å². The van der Waals surface area contributed by atoms with Crippen LogP contribution < -0.4 is 10.1 Å². The minimum Gasteiger partial charge on any atom is -0.484 e. The molecule has 7 heteroatoms. The number of carbonyl (C=O) groups excluding carboxylic acids is 2. The Kier molecular flexibility index (Phi) is 5.35. The largest absolute Gasteiger partial charge is 0.484 e. The van der Waals surface area contributed by atoms with Crippen LogP contribution >= 0.6 is 0 Å². The summed E-state index contributed by atoms with van der Waals surface area (Å²) >= 11 is 0. The Morgan fingerprint density at radius 1 is 1.08 bits per heavy atom. The van der Waals surface area contributed by atoms with Crippen molar-refractivity contribution in [3.8, 4) is 5.75 Å². The predicted molar refractivity (Wildman–Crippen MR) is 90.1 cm³/mol. The summed E-state index contributed by atoms with van der Waals surface area (Å²) in [6.45, 7) is 1.13. The molecule has 2 rings (SSSR count). The van der Waals surface area contributed by atoms with Gasteiger partial charge in [-0.2, -0.15) is 0 Å². The number of amides is 1. The Balaban J connectivity index is 2.05. The molecule has 0 fully saturated rings. The van der Waals surface area contributed by atoms with Crippen molar-refractivity contribution in [2.24, 2.45) is 0 Å². The highest BCUT2D eigenvalue weighted by Gasteiger charge is 2.14. The average Bonchev–Trinajstić information content (AvgIpc) is 2.52. The van der Waals surface area contributed by atoms with Crippen LogP contribution in [0, 0.1) is 0 Å². The quantitative estimate of drug-likeness (QED) is 0.810. The van der Waals surface area contributed by atoms with Crippen LogP contribution in [-0.4, -0.2) is 33.0 Å². The molecule has 0 heterocycles. The van der Waals surface area contributed by atoms with Gasteiger partial charge in [0.1, 0.15) is 5.75 Å². The number of carbonyl (C=O) groups is 2. The predicted octanol–water partition coefficient (Wildman–Crippen LogP) is 2.31. The molecule has 0 spiro atoms. The smallest absolute Gasteiger partial charge is 0.262 e. The highest BCUT2D eigenvalue weighted by atomic mass is 32.2. The van der Waals surface area contributed by atoms with Gasteiger partial charge in [0, 0.05) is 11.8 Å². The molecule has 0 aromatic heterocycles. The van der Waals surface area contributed by atoms with Crippen LogP contribution in [0.4, 0.5) is 5.69 Å². The van der Waals surface area contributed by atoms with Crippen molar-refractivity contribution in [2.75, 3.05) is 18.2 Å². The maximum absolute atomic E-state index is 12.0. The number of sulfone groups is 1. The van der Waals surface area contributed by atoms with Crippen molar-refractivity contribution in [3.05, 3.63) is 54.1 Å². The van der Waals surface area contributed by atoms with E-state index in [1.54, 1.807) is 36.4 Å². The molecule has 126 valence electrons. The summed E-state index contributed by atoms with van der Waals surface area (Å²) in [5.74, 6) is -0.222. The SMILES string of the molecule is CC(=O)c1cccc(OCC(=O)Nc2ccccc2S(C)(=O)=O)c1. The second kappa shape index (κ2) is 7.27. The first-order valence-electron chi connectivity index (χ1n) is 7.10. The van der Waals surface area contributed by atoms with Crippen molar-refractivity contribution in [1.82, 2.24) is 0 Å². The number of ketones is 1. The first-order chi connectivity index (χ1) is 11.3. The number of anilines is 1. The van der Waals surface area contributed by atoms with E-state index in [9.17, 15) is 18.0 Å². The minimum atomic E-state index is -3.45. The van der Waals surface area contributed by atoms with Gasteiger partial charge in [0.25, 0.3) is 5.91 Å². The maximum atomic E-state index is 12.0. The average molecular weight is 347 g/mol. The van der Waals surface area contributed by atoms with Crippen molar-refractivity contribution in [2.45, 2.75) is 11.8 Å². The lowest BCUT2D eigenvalue weighted by Crippen LogP contribution is -2.21. The molecule has 0 saturated carbocycles. The molecule has 0 aliphatic carbocycles. The Labute approximate surface area is 140 Å². The van der Waals surface area contributed by atoms with Crippen molar-refractivity contribution >= 4 is 27.2 Å². The molecular weight excluding hydrogens is 330 g/mol. The second-order valence-corrected chi connectivity index (χ2v) is 7.17. The maximum Gasteiger partial charge on any atom is 0.262 e. The molecule has 0 bridgehead atoms. The zero-order valence-corrected chi connectivity index (χ0v) is 14.1. The van der Waals surface area contributed by atoms with E-state index in [4.69, 9.17) is 4.74 Å². The Bertz CT molecular complexity index is 874. The molecule has 0 unspecified atom stereocenters. The fourth-order valence-corrected chi connectivity index (χ4v) is 2.88. The van der Waals surface area contributed by atoms with Crippen LogP contribution in [0.25, 0.3) is 0 Å². The molecule has 0 aliphatic heterocycles. The minimum absolute atomic E-state index is 0.0388. The van der Waals surface area contributed by atoms with E-state index in [0.29, 0.717) is 11.3 Å². The molecule has 1 N–H and O–H groups in total. The van der Waals surface area contributed by atoms with Gasteiger partial charge in [0.2, 0.25) is 0 Å². The third kappa shape index (κ3) is 4.66. The monoisotopic (exact) mass is 347 g/mol. The number of ether oxygens (including phenoxy) is 1.